The number of benzene rings is 4. The Balaban J connectivity index is 0.840. The lowest BCUT2D eigenvalue weighted by molar-refractivity contribution is 0.132. The summed E-state index contributed by atoms with van der Waals surface area (Å²) in [4.78, 5) is 14.9. The van der Waals surface area contributed by atoms with Crippen LogP contribution in [0, 0.1) is 0 Å². The first-order chi connectivity index (χ1) is 20.8. The van der Waals surface area contributed by atoms with Crippen molar-refractivity contribution in [2.45, 2.75) is 12.8 Å². The molecule has 1 aliphatic heterocycles. The van der Waals surface area contributed by atoms with E-state index in [0.717, 1.165) is 87.3 Å². The Hall–Kier alpha value is -4.26. The fourth-order valence-electron chi connectivity index (χ4n) is 6.19. The fourth-order valence-corrected chi connectivity index (χ4v) is 6.19. The van der Waals surface area contributed by atoms with E-state index in [2.05, 4.69) is 105 Å². The molecule has 0 bridgehead atoms. The zero-order valence-electron chi connectivity index (χ0n) is 24.1. The highest BCUT2D eigenvalue weighted by Gasteiger charge is 2.16. The first-order valence-electron chi connectivity index (χ1n) is 15.3. The van der Waals surface area contributed by atoms with Gasteiger partial charge in [0.25, 0.3) is 0 Å². The molecule has 1 fully saturated rings. The Morgan fingerprint density at radius 2 is 0.929 bits per heavy atom. The second kappa shape index (κ2) is 12.3. The molecule has 7 rings (SSSR count). The minimum atomic E-state index is 0.970. The van der Waals surface area contributed by atoms with Crippen molar-refractivity contribution in [1.82, 2.24) is 19.8 Å². The molecule has 1 saturated heterocycles. The van der Waals surface area contributed by atoms with E-state index in [0.29, 0.717) is 0 Å². The summed E-state index contributed by atoms with van der Waals surface area (Å²) in [5.41, 5.74) is 6.55. The Morgan fingerprint density at radius 1 is 0.500 bits per heavy atom. The molecule has 1 aliphatic rings. The summed E-state index contributed by atoms with van der Waals surface area (Å²) in [7, 11) is 0. The lowest BCUT2D eigenvalue weighted by Gasteiger charge is -2.34. The van der Waals surface area contributed by atoms with E-state index in [9.17, 15) is 0 Å². The van der Waals surface area contributed by atoms with Crippen LogP contribution in [0.5, 0.6) is 0 Å². The van der Waals surface area contributed by atoms with Gasteiger partial charge in [-0.25, -0.2) is 9.97 Å². The first kappa shape index (κ1) is 26.6. The third-order valence-corrected chi connectivity index (χ3v) is 8.52. The molecule has 6 nitrogen and oxygen atoms in total. The highest BCUT2D eigenvalue weighted by Crippen LogP contribution is 2.27. The maximum atomic E-state index is 4.85. The van der Waals surface area contributed by atoms with Gasteiger partial charge in [-0.3, -0.25) is 0 Å². The standard InChI is InChI=1S/C36H38N6/c1-3-11-31-27(9-1)25-29-33(13-5-15-35(29)39-31)37-17-7-19-41-21-23-42(24-22-41)20-8-18-38-34-14-6-16-36-30(34)26-28-10-2-4-12-32(28)40-36/h1-6,9-16,25-26,37-38H,7-8,17-24H2. The summed E-state index contributed by atoms with van der Waals surface area (Å²) >= 11 is 0. The summed E-state index contributed by atoms with van der Waals surface area (Å²) in [6.45, 7) is 8.82. The number of pyridine rings is 2. The van der Waals surface area contributed by atoms with E-state index in [1.54, 1.807) is 0 Å². The molecule has 0 saturated carbocycles. The molecule has 4 aromatic carbocycles. The third-order valence-electron chi connectivity index (χ3n) is 8.52. The molecular weight excluding hydrogens is 516 g/mol. The summed E-state index contributed by atoms with van der Waals surface area (Å²) in [5, 5.41) is 12.1. The molecule has 0 aliphatic carbocycles. The summed E-state index contributed by atoms with van der Waals surface area (Å²) in [6, 6.07) is 34.0. The Kier molecular flexibility index (Phi) is 7.81. The Morgan fingerprint density at radius 3 is 1.40 bits per heavy atom. The van der Waals surface area contributed by atoms with E-state index >= 15 is 0 Å². The number of piperazine rings is 1. The molecule has 2 aromatic heterocycles. The molecule has 0 unspecified atom stereocenters. The van der Waals surface area contributed by atoms with Crippen molar-refractivity contribution in [3.63, 3.8) is 0 Å². The lowest BCUT2D eigenvalue weighted by atomic mass is 10.1. The van der Waals surface area contributed by atoms with Gasteiger partial charge < -0.3 is 20.4 Å². The zero-order chi connectivity index (χ0) is 28.1. The van der Waals surface area contributed by atoms with E-state index in [1.807, 2.05) is 12.1 Å². The summed E-state index contributed by atoms with van der Waals surface area (Å²) < 4.78 is 0. The van der Waals surface area contributed by atoms with Gasteiger partial charge >= 0.3 is 0 Å². The molecule has 6 aromatic rings. The number of aromatic nitrogens is 2. The van der Waals surface area contributed by atoms with Crippen molar-refractivity contribution in [1.29, 1.82) is 0 Å². The van der Waals surface area contributed by atoms with Crippen LogP contribution in [-0.2, 0) is 0 Å². The second-order valence-electron chi connectivity index (χ2n) is 11.4. The zero-order valence-corrected chi connectivity index (χ0v) is 24.1. The SMILES string of the molecule is c1ccc2nc3cccc(NCCCN4CCN(CCCNc5cccc6nc7ccccc7cc56)CC4)c3cc2c1. The predicted octanol–water partition coefficient (Wildman–Crippen LogP) is 7.01. The number of hydrogen-bond donors (Lipinski definition) is 2. The molecule has 0 radical (unpaired) electrons. The second-order valence-corrected chi connectivity index (χ2v) is 11.4. The van der Waals surface area contributed by atoms with Crippen LogP contribution < -0.4 is 10.6 Å². The van der Waals surface area contributed by atoms with E-state index in [1.165, 1.54) is 32.9 Å². The Bertz CT molecular complexity index is 1690. The van der Waals surface area contributed by atoms with Crippen molar-refractivity contribution >= 4 is 55.0 Å². The number of nitrogens with zero attached hydrogens (tertiary/aromatic N) is 4. The normalized spacial score (nSPS) is 14.7. The van der Waals surface area contributed by atoms with Gasteiger partial charge in [0.1, 0.15) is 0 Å². The van der Waals surface area contributed by atoms with Gasteiger partial charge in [-0.1, -0.05) is 48.5 Å². The minimum absolute atomic E-state index is 0.970. The maximum Gasteiger partial charge on any atom is 0.0730 e. The quantitative estimate of drug-likeness (QED) is 0.140. The molecule has 0 amide bonds. The maximum absolute atomic E-state index is 4.85. The van der Waals surface area contributed by atoms with E-state index < -0.39 is 0 Å². The highest BCUT2D eigenvalue weighted by molar-refractivity contribution is 6.00. The molecule has 6 heteroatoms. The number of rotatable bonds is 10. The van der Waals surface area contributed by atoms with Crippen LogP contribution in [0.2, 0.25) is 0 Å². The van der Waals surface area contributed by atoms with Crippen LogP contribution in [0.4, 0.5) is 11.4 Å². The number of nitrogens with one attached hydrogen (secondary N) is 2. The van der Waals surface area contributed by atoms with Crippen LogP contribution in [0.1, 0.15) is 12.8 Å². The lowest BCUT2D eigenvalue weighted by Crippen LogP contribution is -2.47. The van der Waals surface area contributed by atoms with Gasteiger partial charge in [-0.15, -0.1) is 0 Å². The van der Waals surface area contributed by atoms with Crippen molar-refractivity contribution < 1.29 is 0 Å². The largest absolute Gasteiger partial charge is 0.384 e. The van der Waals surface area contributed by atoms with Gasteiger partial charge in [0.15, 0.2) is 0 Å². The van der Waals surface area contributed by atoms with Crippen LogP contribution in [0.15, 0.2) is 97.1 Å². The summed E-state index contributed by atoms with van der Waals surface area (Å²) in [5.74, 6) is 0. The first-order valence-corrected chi connectivity index (χ1v) is 15.3. The van der Waals surface area contributed by atoms with Crippen molar-refractivity contribution in [3.8, 4) is 0 Å². The topological polar surface area (TPSA) is 56.3 Å². The number of hydrogen-bond acceptors (Lipinski definition) is 6. The minimum Gasteiger partial charge on any atom is -0.384 e. The highest BCUT2D eigenvalue weighted by atomic mass is 15.3. The average molecular weight is 555 g/mol. The fraction of sp³-hybridized carbons (Fsp3) is 0.278. The van der Waals surface area contributed by atoms with E-state index in [-0.39, 0.29) is 0 Å². The van der Waals surface area contributed by atoms with E-state index in [4.69, 9.17) is 9.97 Å². The molecule has 212 valence electrons. The van der Waals surface area contributed by atoms with Crippen LogP contribution in [-0.4, -0.2) is 72.1 Å². The number of para-hydroxylation sites is 2. The van der Waals surface area contributed by atoms with Gasteiger partial charge in [-0.05, 0) is 74.5 Å². The van der Waals surface area contributed by atoms with Crippen LogP contribution in [0.3, 0.4) is 0 Å². The molecule has 0 spiro atoms. The van der Waals surface area contributed by atoms with Gasteiger partial charge in [0.05, 0.1) is 22.1 Å². The monoisotopic (exact) mass is 554 g/mol. The van der Waals surface area contributed by atoms with Crippen molar-refractivity contribution in [3.05, 3.63) is 97.1 Å². The molecular formula is C36H38N6. The van der Waals surface area contributed by atoms with Gasteiger partial charge in [0, 0.05) is 72.2 Å². The van der Waals surface area contributed by atoms with Crippen molar-refractivity contribution in [2.75, 3.05) is 63.0 Å². The van der Waals surface area contributed by atoms with Crippen LogP contribution >= 0.6 is 0 Å². The van der Waals surface area contributed by atoms with Gasteiger partial charge in [-0.2, -0.15) is 0 Å². The smallest absolute Gasteiger partial charge is 0.0730 e. The van der Waals surface area contributed by atoms with Gasteiger partial charge in [0.2, 0.25) is 0 Å². The van der Waals surface area contributed by atoms with Crippen molar-refractivity contribution in [2.24, 2.45) is 0 Å². The molecule has 0 atom stereocenters. The number of fused-ring (bicyclic) bond motifs is 4. The molecule has 42 heavy (non-hydrogen) atoms. The Labute approximate surface area is 247 Å². The predicted molar refractivity (Wildman–Crippen MR) is 178 cm³/mol. The summed E-state index contributed by atoms with van der Waals surface area (Å²) in [6.07, 6.45) is 2.27. The average Bonchev–Trinajstić information content (AvgIpc) is 3.04. The molecule has 2 N–H and O–H groups in total. The third kappa shape index (κ3) is 5.87. The molecule has 3 heterocycles. The van der Waals surface area contributed by atoms with Crippen LogP contribution in [0.25, 0.3) is 43.6 Å². The number of anilines is 2.